The van der Waals surface area contributed by atoms with Gasteiger partial charge in [-0.05, 0) is 39.8 Å². The van der Waals surface area contributed by atoms with Gasteiger partial charge in [0.2, 0.25) is 0 Å². The van der Waals surface area contributed by atoms with Gasteiger partial charge in [-0.15, -0.1) is 0 Å². The fourth-order valence-electron chi connectivity index (χ4n) is 2.21. The van der Waals surface area contributed by atoms with Gasteiger partial charge in [-0.25, -0.2) is 0 Å². The van der Waals surface area contributed by atoms with Crippen molar-refractivity contribution in [3.8, 4) is 0 Å². The van der Waals surface area contributed by atoms with E-state index < -0.39 is 0 Å². The van der Waals surface area contributed by atoms with E-state index in [-0.39, 0.29) is 11.6 Å². The summed E-state index contributed by atoms with van der Waals surface area (Å²) in [6.45, 7) is 9.06. The van der Waals surface area contributed by atoms with E-state index in [9.17, 15) is 0 Å². The van der Waals surface area contributed by atoms with E-state index in [1.54, 1.807) is 0 Å². The van der Waals surface area contributed by atoms with Crippen LogP contribution in [0.1, 0.15) is 53.4 Å². The van der Waals surface area contributed by atoms with Crippen molar-refractivity contribution in [1.82, 2.24) is 4.90 Å². The van der Waals surface area contributed by atoms with Crippen LogP contribution in [0.4, 0.5) is 0 Å². The van der Waals surface area contributed by atoms with Gasteiger partial charge in [0.15, 0.2) is 0 Å². The number of likely N-dealkylation sites (N-methyl/N-ethyl adjacent to an activating group) is 1. The van der Waals surface area contributed by atoms with Crippen molar-refractivity contribution in [3.05, 3.63) is 0 Å². The fraction of sp³-hybridized carbons (Fsp3) is 1.00. The lowest BCUT2D eigenvalue weighted by molar-refractivity contribution is 0.118. The normalized spacial score (nSPS) is 20.0. The third-order valence-electron chi connectivity index (χ3n) is 3.97. The Balaban J connectivity index is 4.33. The molecule has 92 valence electrons. The zero-order valence-electron chi connectivity index (χ0n) is 11.5. The van der Waals surface area contributed by atoms with E-state index in [1.807, 2.05) is 0 Å². The predicted octanol–water partition coefficient (Wildman–Crippen LogP) is 2.87. The Morgan fingerprint density at radius 2 is 1.80 bits per heavy atom. The molecule has 2 N–H and O–H groups in total. The first kappa shape index (κ1) is 14.9. The topological polar surface area (TPSA) is 29.3 Å². The van der Waals surface area contributed by atoms with Crippen LogP contribution in [0.2, 0.25) is 0 Å². The summed E-state index contributed by atoms with van der Waals surface area (Å²) in [7, 11) is 4.27. The molecule has 0 bridgehead atoms. The van der Waals surface area contributed by atoms with Crippen LogP contribution in [-0.2, 0) is 0 Å². The molecular weight excluding hydrogens is 184 g/mol. The number of rotatable bonds is 7. The summed E-state index contributed by atoms with van der Waals surface area (Å²) < 4.78 is 0. The zero-order chi connectivity index (χ0) is 12.1. The number of nitrogens with two attached hydrogens (primary N) is 1. The lowest BCUT2D eigenvalue weighted by Crippen LogP contribution is -2.55. The second-order valence-electron chi connectivity index (χ2n) is 5.34. The van der Waals surface area contributed by atoms with Gasteiger partial charge < -0.3 is 10.6 Å². The summed E-state index contributed by atoms with van der Waals surface area (Å²) in [5.41, 5.74) is 6.49. The Hall–Kier alpha value is -0.0800. The molecule has 0 amide bonds. The molecule has 0 saturated carbocycles. The van der Waals surface area contributed by atoms with E-state index in [2.05, 4.69) is 46.7 Å². The molecule has 0 fully saturated rings. The van der Waals surface area contributed by atoms with Crippen molar-refractivity contribution in [1.29, 1.82) is 0 Å². The number of hydrogen-bond donors (Lipinski definition) is 1. The minimum atomic E-state index is 0.141. The molecule has 2 nitrogen and oxygen atoms in total. The summed E-state index contributed by atoms with van der Waals surface area (Å²) in [5.74, 6) is 0.746. The van der Waals surface area contributed by atoms with Crippen molar-refractivity contribution in [2.24, 2.45) is 11.7 Å². The van der Waals surface area contributed by atoms with Gasteiger partial charge in [-0.2, -0.15) is 0 Å². The maximum atomic E-state index is 6.35. The quantitative estimate of drug-likeness (QED) is 0.706. The first-order valence-electron chi connectivity index (χ1n) is 6.31. The molecule has 0 aliphatic rings. The van der Waals surface area contributed by atoms with E-state index >= 15 is 0 Å². The van der Waals surface area contributed by atoms with Crippen molar-refractivity contribution >= 4 is 0 Å². The molecule has 0 heterocycles. The van der Waals surface area contributed by atoms with Crippen LogP contribution in [0.15, 0.2) is 0 Å². The summed E-state index contributed by atoms with van der Waals surface area (Å²) >= 11 is 0. The molecule has 0 rings (SSSR count). The van der Waals surface area contributed by atoms with Gasteiger partial charge in [0.25, 0.3) is 0 Å². The third kappa shape index (κ3) is 4.12. The van der Waals surface area contributed by atoms with Gasteiger partial charge >= 0.3 is 0 Å². The van der Waals surface area contributed by atoms with Crippen LogP contribution in [0.5, 0.6) is 0 Å². The van der Waals surface area contributed by atoms with E-state index in [1.165, 1.54) is 12.8 Å². The molecule has 0 saturated heterocycles. The zero-order valence-corrected chi connectivity index (χ0v) is 11.5. The van der Waals surface area contributed by atoms with Gasteiger partial charge in [0.05, 0.1) is 0 Å². The molecular formula is C13H30N2. The molecule has 0 aliphatic heterocycles. The van der Waals surface area contributed by atoms with E-state index in [0.29, 0.717) is 0 Å². The molecule has 3 unspecified atom stereocenters. The molecule has 15 heavy (non-hydrogen) atoms. The Kier molecular flexibility index (Phi) is 6.46. The minimum Gasteiger partial charge on any atom is -0.326 e. The van der Waals surface area contributed by atoms with Gasteiger partial charge in [0, 0.05) is 11.6 Å². The highest BCUT2D eigenvalue weighted by atomic mass is 15.2. The van der Waals surface area contributed by atoms with E-state index in [4.69, 9.17) is 5.73 Å². The highest BCUT2D eigenvalue weighted by molar-refractivity contribution is 4.92. The second-order valence-corrected chi connectivity index (χ2v) is 5.34. The Labute approximate surface area is 96.2 Å². The molecule has 0 aromatic rings. The monoisotopic (exact) mass is 214 g/mol. The predicted molar refractivity (Wildman–Crippen MR) is 69.0 cm³/mol. The Bertz CT molecular complexity index is 168. The first-order chi connectivity index (χ1) is 6.88. The molecule has 0 aromatic carbocycles. The molecule has 3 atom stereocenters. The van der Waals surface area contributed by atoms with Gasteiger partial charge in [-0.1, -0.05) is 33.6 Å². The van der Waals surface area contributed by atoms with Gasteiger partial charge in [-0.3, -0.25) is 0 Å². The van der Waals surface area contributed by atoms with Crippen LogP contribution >= 0.6 is 0 Å². The standard InChI is InChI=1S/C13H30N2/c1-7-9-11(3)10-12(14)13(4,8-2)15(5)6/h11-12H,7-10,14H2,1-6H3. The molecule has 0 spiro atoms. The lowest BCUT2D eigenvalue weighted by atomic mass is 9.82. The Morgan fingerprint density at radius 3 is 2.13 bits per heavy atom. The maximum absolute atomic E-state index is 6.35. The fourth-order valence-corrected chi connectivity index (χ4v) is 2.21. The summed E-state index contributed by atoms with van der Waals surface area (Å²) in [5, 5.41) is 0. The summed E-state index contributed by atoms with van der Waals surface area (Å²) in [6, 6.07) is 0.277. The first-order valence-corrected chi connectivity index (χ1v) is 6.31. The summed E-state index contributed by atoms with van der Waals surface area (Å²) in [4.78, 5) is 2.27. The number of hydrogen-bond acceptors (Lipinski definition) is 2. The largest absolute Gasteiger partial charge is 0.326 e. The molecule has 2 heteroatoms. The molecule has 0 aliphatic carbocycles. The highest BCUT2D eigenvalue weighted by Crippen LogP contribution is 2.25. The van der Waals surface area contributed by atoms with Crippen molar-refractivity contribution in [3.63, 3.8) is 0 Å². The highest BCUT2D eigenvalue weighted by Gasteiger charge is 2.32. The summed E-state index contributed by atoms with van der Waals surface area (Å²) in [6.07, 6.45) is 4.80. The smallest absolute Gasteiger partial charge is 0.0323 e. The third-order valence-corrected chi connectivity index (χ3v) is 3.97. The molecule has 0 radical (unpaired) electrons. The van der Waals surface area contributed by atoms with E-state index in [0.717, 1.165) is 18.8 Å². The number of nitrogens with zero attached hydrogens (tertiary/aromatic N) is 1. The second kappa shape index (κ2) is 6.49. The Morgan fingerprint density at radius 1 is 1.27 bits per heavy atom. The lowest BCUT2D eigenvalue weighted by Gasteiger charge is -2.41. The van der Waals surface area contributed by atoms with Crippen LogP contribution in [0.3, 0.4) is 0 Å². The maximum Gasteiger partial charge on any atom is 0.0323 e. The van der Waals surface area contributed by atoms with Crippen LogP contribution < -0.4 is 5.73 Å². The van der Waals surface area contributed by atoms with Crippen molar-refractivity contribution in [2.75, 3.05) is 14.1 Å². The van der Waals surface area contributed by atoms with Gasteiger partial charge in [0.1, 0.15) is 0 Å². The SMILES string of the molecule is CCCC(C)CC(N)C(C)(CC)N(C)C. The average molecular weight is 214 g/mol. The van der Waals surface area contributed by atoms with Crippen LogP contribution in [0.25, 0.3) is 0 Å². The average Bonchev–Trinajstić information content (AvgIpc) is 2.16. The molecule has 0 aromatic heterocycles. The van der Waals surface area contributed by atoms with Crippen molar-refractivity contribution < 1.29 is 0 Å². The minimum absolute atomic E-state index is 0.141. The van der Waals surface area contributed by atoms with Crippen molar-refractivity contribution in [2.45, 2.75) is 65.0 Å². The van der Waals surface area contributed by atoms with Crippen LogP contribution in [0, 0.1) is 5.92 Å². The van der Waals surface area contributed by atoms with Crippen LogP contribution in [-0.4, -0.2) is 30.6 Å².